The molecule has 0 unspecified atom stereocenters. The molecule has 176 valence electrons. The Morgan fingerprint density at radius 1 is 0.714 bits per heavy atom. The van der Waals surface area contributed by atoms with Gasteiger partial charge in [0.15, 0.2) is 0 Å². The van der Waals surface area contributed by atoms with E-state index in [2.05, 4.69) is 31.9 Å². The number of benzene rings is 4. The van der Waals surface area contributed by atoms with Crippen LogP contribution in [0, 0.1) is 0 Å². The number of halogens is 1. The monoisotopic (exact) mass is 529 g/mol. The Hall–Kier alpha value is -4.10. The van der Waals surface area contributed by atoms with Crippen LogP contribution in [0.1, 0.15) is 27.6 Å². The fourth-order valence-corrected chi connectivity index (χ4v) is 3.83. The van der Waals surface area contributed by atoms with Crippen LogP contribution in [0.4, 0.5) is 22.7 Å². The van der Waals surface area contributed by atoms with Crippen molar-refractivity contribution in [3.05, 3.63) is 113 Å². The molecule has 0 fully saturated rings. The average Bonchev–Trinajstić information content (AvgIpc) is 2.87. The number of nitrogens with one attached hydrogen (secondary N) is 3. The van der Waals surface area contributed by atoms with Crippen molar-refractivity contribution in [2.24, 2.45) is 0 Å². The van der Waals surface area contributed by atoms with Gasteiger partial charge < -0.3 is 20.7 Å². The van der Waals surface area contributed by atoms with Crippen LogP contribution in [-0.2, 0) is 0 Å². The maximum Gasteiger partial charge on any atom is 0.259 e. The van der Waals surface area contributed by atoms with E-state index in [0.717, 1.165) is 15.8 Å². The first kappa shape index (κ1) is 24.0. The number of hydrogen-bond acceptors (Lipinski definition) is 4. The van der Waals surface area contributed by atoms with E-state index in [9.17, 15) is 9.59 Å². The highest BCUT2D eigenvalue weighted by Gasteiger charge is 2.17. The van der Waals surface area contributed by atoms with E-state index in [4.69, 9.17) is 4.74 Å². The van der Waals surface area contributed by atoms with E-state index in [1.54, 1.807) is 36.4 Å². The van der Waals surface area contributed by atoms with Crippen molar-refractivity contribution < 1.29 is 14.3 Å². The Kier molecular flexibility index (Phi) is 7.80. The van der Waals surface area contributed by atoms with Crippen molar-refractivity contribution in [2.45, 2.75) is 6.92 Å². The van der Waals surface area contributed by atoms with E-state index < -0.39 is 0 Å². The van der Waals surface area contributed by atoms with Crippen molar-refractivity contribution in [1.29, 1.82) is 0 Å². The third-order valence-corrected chi connectivity index (χ3v) is 5.60. The number of hydrogen-bond donors (Lipinski definition) is 3. The smallest absolute Gasteiger partial charge is 0.259 e. The molecule has 0 aromatic heterocycles. The highest BCUT2D eigenvalue weighted by Crippen LogP contribution is 2.26. The van der Waals surface area contributed by atoms with Crippen LogP contribution in [0.5, 0.6) is 5.75 Å². The Balaban J connectivity index is 1.48. The minimum absolute atomic E-state index is 0.330. The molecule has 2 amide bonds. The second kappa shape index (κ2) is 11.4. The number of amides is 2. The number of ether oxygens (including phenoxy) is 1. The highest BCUT2D eigenvalue weighted by molar-refractivity contribution is 9.10. The van der Waals surface area contributed by atoms with E-state index in [1.165, 1.54) is 0 Å². The molecule has 3 N–H and O–H groups in total. The lowest BCUT2D eigenvalue weighted by Crippen LogP contribution is -2.19. The summed E-state index contributed by atoms with van der Waals surface area (Å²) >= 11 is 3.40. The molecule has 4 aromatic carbocycles. The lowest BCUT2D eigenvalue weighted by Gasteiger charge is -2.14. The third kappa shape index (κ3) is 6.28. The van der Waals surface area contributed by atoms with E-state index in [0.29, 0.717) is 34.9 Å². The van der Waals surface area contributed by atoms with Crippen LogP contribution < -0.4 is 20.7 Å². The van der Waals surface area contributed by atoms with Crippen molar-refractivity contribution in [3.8, 4) is 5.75 Å². The Labute approximate surface area is 212 Å². The van der Waals surface area contributed by atoms with E-state index in [1.807, 2.05) is 67.6 Å². The summed E-state index contributed by atoms with van der Waals surface area (Å²) in [5.74, 6) is -0.227. The Morgan fingerprint density at radius 2 is 1.34 bits per heavy atom. The standard InChI is InChI=1S/C28H24BrN3O3/c1-2-35-26-17-12-19(29)18-24(26)28(34)32-25-11-7-6-10-23(25)27(33)31-22-15-13-21(14-16-22)30-20-8-4-3-5-9-20/h3-18,30H,2H2,1H3,(H,31,33)(H,32,34). The topological polar surface area (TPSA) is 79.5 Å². The number of rotatable bonds is 8. The Bertz CT molecular complexity index is 1330. The molecule has 35 heavy (non-hydrogen) atoms. The summed E-state index contributed by atoms with van der Waals surface area (Å²) in [6, 6.07) is 29.4. The van der Waals surface area contributed by atoms with Crippen molar-refractivity contribution in [2.75, 3.05) is 22.6 Å². The molecule has 0 saturated heterocycles. The van der Waals surface area contributed by atoms with E-state index in [-0.39, 0.29) is 11.8 Å². The molecule has 0 bridgehead atoms. The predicted molar refractivity (Wildman–Crippen MR) is 144 cm³/mol. The number of carbonyl (C=O) groups excluding carboxylic acids is 2. The van der Waals surface area contributed by atoms with Gasteiger partial charge in [-0.25, -0.2) is 0 Å². The summed E-state index contributed by atoms with van der Waals surface area (Å²) < 4.78 is 6.34. The molecular weight excluding hydrogens is 506 g/mol. The fraction of sp³-hybridized carbons (Fsp3) is 0.0714. The number of para-hydroxylation sites is 2. The van der Waals surface area contributed by atoms with Crippen LogP contribution in [0.3, 0.4) is 0 Å². The molecule has 0 aliphatic heterocycles. The number of carbonyl (C=O) groups is 2. The zero-order valence-electron chi connectivity index (χ0n) is 19.0. The summed E-state index contributed by atoms with van der Waals surface area (Å²) in [6.45, 7) is 2.29. The molecule has 0 atom stereocenters. The van der Waals surface area contributed by atoms with Crippen molar-refractivity contribution in [3.63, 3.8) is 0 Å². The van der Waals surface area contributed by atoms with Crippen LogP contribution in [0.2, 0.25) is 0 Å². The summed E-state index contributed by atoms with van der Waals surface area (Å²) in [7, 11) is 0. The fourth-order valence-electron chi connectivity index (χ4n) is 3.46. The van der Waals surface area contributed by atoms with Crippen LogP contribution in [0.25, 0.3) is 0 Å². The molecule has 0 radical (unpaired) electrons. The molecule has 0 spiro atoms. The van der Waals surface area contributed by atoms with Gasteiger partial charge in [0.2, 0.25) is 0 Å². The molecular formula is C28H24BrN3O3. The summed E-state index contributed by atoms with van der Waals surface area (Å²) in [5, 5.41) is 9.04. The van der Waals surface area contributed by atoms with Gasteiger partial charge in [-0.05, 0) is 73.7 Å². The summed E-state index contributed by atoms with van der Waals surface area (Å²) in [4.78, 5) is 26.1. The lowest BCUT2D eigenvalue weighted by molar-refractivity contribution is 0.102. The van der Waals surface area contributed by atoms with Gasteiger partial charge in [-0.1, -0.05) is 46.3 Å². The van der Waals surface area contributed by atoms with Gasteiger partial charge in [-0.2, -0.15) is 0 Å². The molecule has 0 saturated carbocycles. The summed E-state index contributed by atoms with van der Waals surface area (Å²) in [6.07, 6.45) is 0. The minimum Gasteiger partial charge on any atom is -0.493 e. The first-order valence-electron chi connectivity index (χ1n) is 11.1. The summed E-state index contributed by atoms with van der Waals surface area (Å²) in [5.41, 5.74) is 3.64. The SMILES string of the molecule is CCOc1ccc(Br)cc1C(=O)Nc1ccccc1C(=O)Nc1ccc(Nc2ccccc2)cc1. The van der Waals surface area contributed by atoms with Gasteiger partial charge in [0.1, 0.15) is 5.75 Å². The maximum atomic E-state index is 13.0. The van der Waals surface area contributed by atoms with Crippen LogP contribution >= 0.6 is 15.9 Å². The highest BCUT2D eigenvalue weighted by atomic mass is 79.9. The first-order chi connectivity index (χ1) is 17.0. The number of anilines is 4. The second-order valence-corrected chi connectivity index (χ2v) is 8.51. The third-order valence-electron chi connectivity index (χ3n) is 5.11. The normalized spacial score (nSPS) is 10.3. The van der Waals surface area contributed by atoms with Gasteiger partial charge in [0, 0.05) is 21.5 Å². The molecule has 0 aliphatic rings. The first-order valence-corrected chi connectivity index (χ1v) is 11.9. The molecule has 7 heteroatoms. The van der Waals surface area contributed by atoms with E-state index >= 15 is 0 Å². The van der Waals surface area contributed by atoms with Crippen LogP contribution in [0.15, 0.2) is 102 Å². The van der Waals surface area contributed by atoms with Gasteiger partial charge in [-0.3, -0.25) is 9.59 Å². The Morgan fingerprint density at radius 3 is 2.09 bits per heavy atom. The van der Waals surface area contributed by atoms with Crippen molar-refractivity contribution in [1.82, 2.24) is 0 Å². The zero-order valence-corrected chi connectivity index (χ0v) is 20.6. The van der Waals surface area contributed by atoms with Gasteiger partial charge >= 0.3 is 0 Å². The largest absolute Gasteiger partial charge is 0.493 e. The van der Waals surface area contributed by atoms with Gasteiger partial charge in [0.25, 0.3) is 11.8 Å². The predicted octanol–water partition coefficient (Wildman–Crippen LogP) is 7.10. The zero-order chi connectivity index (χ0) is 24.6. The van der Waals surface area contributed by atoms with Gasteiger partial charge in [0.05, 0.1) is 23.4 Å². The lowest BCUT2D eigenvalue weighted by atomic mass is 10.1. The molecule has 0 heterocycles. The maximum absolute atomic E-state index is 13.0. The minimum atomic E-state index is -0.369. The molecule has 4 aromatic rings. The van der Waals surface area contributed by atoms with Crippen molar-refractivity contribution >= 4 is 50.5 Å². The second-order valence-electron chi connectivity index (χ2n) is 7.60. The average molecular weight is 530 g/mol. The molecule has 4 rings (SSSR count). The van der Waals surface area contributed by atoms with Crippen LogP contribution in [-0.4, -0.2) is 18.4 Å². The molecule has 0 aliphatic carbocycles. The van der Waals surface area contributed by atoms with Gasteiger partial charge in [-0.15, -0.1) is 0 Å². The molecule has 6 nitrogen and oxygen atoms in total. The quantitative estimate of drug-likeness (QED) is 0.227.